The van der Waals surface area contributed by atoms with Gasteiger partial charge in [-0.2, -0.15) is 0 Å². The molecule has 1 saturated carbocycles. The lowest BCUT2D eigenvalue weighted by atomic mass is 9.67. The minimum atomic E-state index is -0.804. The van der Waals surface area contributed by atoms with Crippen LogP contribution in [-0.4, -0.2) is 96.1 Å². The zero-order chi connectivity index (χ0) is 31.8. The van der Waals surface area contributed by atoms with Crippen LogP contribution in [-0.2, 0) is 25.4 Å². The summed E-state index contributed by atoms with van der Waals surface area (Å²) in [5.74, 6) is 1.28. The van der Waals surface area contributed by atoms with E-state index in [4.69, 9.17) is 37.9 Å². The third-order valence-electron chi connectivity index (χ3n) is 9.62. The number of aromatic amines is 1. The van der Waals surface area contributed by atoms with E-state index in [1.807, 2.05) is 12.1 Å². The van der Waals surface area contributed by atoms with E-state index in [-0.39, 0.29) is 23.4 Å². The van der Waals surface area contributed by atoms with Gasteiger partial charge in [-0.25, -0.2) is 9.59 Å². The minimum Gasteiger partial charge on any atom is -0.497 e. The molecule has 45 heavy (non-hydrogen) atoms. The summed E-state index contributed by atoms with van der Waals surface area (Å²) in [5, 5.41) is 1.20. The lowest BCUT2D eigenvalue weighted by Crippen LogP contribution is -2.59. The van der Waals surface area contributed by atoms with Crippen molar-refractivity contribution in [1.29, 1.82) is 0 Å². The lowest BCUT2D eigenvalue weighted by molar-refractivity contribution is -0.171. The van der Waals surface area contributed by atoms with Crippen molar-refractivity contribution in [2.45, 2.75) is 43.6 Å². The van der Waals surface area contributed by atoms with Crippen LogP contribution in [0.4, 0.5) is 4.79 Å². The summed E-state index contributed by atoms with van der Waals surface area (Å²) >= 11 is 0. The fourth-order valence-corrected chi connectivity index (χ4v) is 7.56. The van der Waals surface area contributed by atoms with E-state index in [0.29, 0.717) is 23.7 Å². The topological polar surface area (TPSA) is 127 Å². The molecule has 12 heteroatoms. The molecule has 2 aliphatic heterocycles. The number of hydrogen-bond donors (Lipinski definition) is 1. The molecule has 2 fully saturated rings. The molecule has 3 aromatic rings. The molecule has 3 heterocycles. The van der Waals surface area contributed by atoms with Gasteiger partial charge in [0, 0.05) is 48.8 Å². The summed E-state index contributed by atoms with van der Waals surface area (Å²) in [6, 6.07) is 9.33. The number of esters is 1. The highest BCUT2D eigenvalue weighted by molar-refractivity contribution is 5.91. The first-order valence-corrected chi connectivity index (χ1v) is 15.0. The van der Waals surface area contributed by atoms with Gasteiger partial charge < -0.3 is 42.9 Å². The molecular weight excluding hydrogens is 584 g/mol. The number of carbonyl (C=O) groups excluding carboxylic acids is 2. The van der Waals surface area contributed by atoms with E-state index >= 15 is 0 Å². The van der Waals surface area contributed by atoms with Gasteiger partial charge in [-0.15, -0.1) is 0 Å². The van der Waals surface area contributed by atoms with Crippen LogP contribution in [0, 0.1) is 11.8 Å². The Bertz CT molecular complexity index is 1550. The number of nitrogens with one attached hydrogen (secondary N) is 1. The van der Waals surface area contributed by atoms with Crippen LogP contribution >= 0.6 is 0 Å². The SMILES string of the molecule is COC(=O)OC1C(OC)C(OC(=O)c2cc(OC)c(OC)c(OC)c2)C[C@H]2CN3CCc4c([nH]c5cc(OC)ccc45)[C@@H]3C[C@H]12. The smallest absolute Gasteiger partial charge is 0.497 e. The molecule has 0 radical (unpaired) electrons. The van der Waals surface area contributed by atoms with Crippen LogP contribution in [0.2, 0.25) is 0 Å². The highest BCUT2D eigenvalue weighted by Gasteiger charge is 2.53. The van der Waals surface area contributed by atoms with Gasteiger partial charge >= 0.3 is 12.1 Å². The fourth-order valence-electron chi connectivity index (χ4n) is 7.56. The Labute approximate surface area is 261 Å². The average molecular weight is 625 g/mol. The molecule has 0 bridgehead atoms. The highest BCUT2D eigenvalue weighted by Crippen LogP contribution is 2.49. The number of aromatic nitrogens is 1. The number of hydrogen-bond acceptors (Lipinski definition) is 11. The molecule has 1 saturated heterocycles. The van der Waals surface area contributed by atoms with Crippen LogP contribution in [0.3, 0.4) is 0 Å². The van der Waals surface area contributed by atoms with Crippen molar-refractivity contribution in [1.82, 2.24) is 9.88 Å². The molecule has 0 amide bonds. The molecule has 2 aromatic carbocycles. The van der Waals surface area contributed by atoms with Crippen molar-refractivity contribution in [3.63, 3.8) is 0 Å². The first-order chi connectivity index (χ1) is 21.8. The van der Waals surface area contributed by atoms with E-state index in [9.17, 15) is 9.59 Å². The van der Waals surface area contributed by atoms with Gasteiger partial charge in [-0.1, -0.05) is 0 Å². The van der Waals surface area contributed by atoms with Crippen molar-refractivity contribution in [2.24, 2.45) is 11.8 Å². The van der Waals surface area contributed by atoms with Crippen molar-refractivity contribution in [3.05, 3.63) is 47.2 Å². The van der Waals surface area contributed by atoms with Crippen LogP contribution < -0.4 is 18.9 Å². The number of fused-ring (bicyclic) bond motifs is 6. The second-order valence-electron chi connectivity index (χ2n) is 11.7. The average Bonchev–Trinajstić information content (AvgIpc) is 3.44. The number of rotatable bonds is 8. The van der Waals surface area contributed by atoms with Crippen molar-refractivity contribution >= 4 is 23.0 Å². The van der Waals surface area contributed by atoms with E-state index < -0.39 is 30.4 Å². The fraction of sp³-hybridized carbons (Fsp3) is 0.515. The second-order valence-corrected chi connectivity index (χ2v) is 11.7. The van der Waals surface area contributed by atoms with Crippen LogP contribution in [0.15, 0.2) is 30.3 Å². The first kappa shape index (κ1) is 30.8. The predicted molar refractivity (Wildman–Crippen MR) is 162 cm³/mol. The monoisotopic (exact) mass is 624 g/mol. The van der Waals surface area contributed by atoms with E-state index in [2.05, 4.69) is 16.0 Å². The molecule has 0 spiro atoms. The minimum absolute atomic E-state index is 0.0571. The number of methoxy groups -OCH3 is 6. The normalized spacial score (nSPS) is 25.7. The van der Waals surface area contributed by atoms with Crippen LogP contribution in [0.25, 0.3) is 10.9 Å². The van der Waals surface area contributed by atoms with Gasteiger partial charge in [-0.3, -0.25) is 4.90 Å². The largest absolute Gasteiger partial charge is 0.508 e. The summed E-state index contributed by atoms with van der Waals surface area (Å²) in [7, 11) is 8.94. The molecule has 3 unspecified atom stereocenters. The number of H-pyrrole nitrogens is 1. The lowest BCUT2D eigenvalue weighted by Gasteiger charge is -2.52. The Balaban J connectivity index is 1.30. The summed E-state index contributed by atoms with van der Waals surface area (Å²) in [6.45, 7) is 1.65. The third kappa shape index (κ3) is 5.50. The molecule has 1 aliphatic carbocycles. The molecule has 6 rings (SSSR count). The highest BCUT2D eigenvalue weighted by atomic mass is 16.7. The third-order valence-corrected chi connectivity index (χ3v) is 9.62. The van der Waals surface area contributed by atoms with E-state index in [0.717, 1.165) is 37.2 Å². The number of nitrogens with zero attached hydrogens (tertiary/aromatic N) is 1. The maximum atomic E-state index is 13.6. The van der Waals surface area contributed by atoms with Crippen molar-refractivity contribution < 1.29 is 47.5 Å². The Kier molecular flexibility index (Phi) is 8.69. The van der Waals surface area contributed by atoms with Gasteiger partial charge in [0.05, 0.1) is 47.2 Å². The molecule has 12 nitrogen and oxygen atoms in total. The van der Waals surface area contributed by atoms with Gasteiger partial charge in [0.15, 0.2) is 11.5 Å². The zero-order valence-electron chi connectivity index (χ0n) is 26.4. The molecule has 6 atom stereocenters. The first-order valence-electron chi connectivity index (χ1n) is 15.0. The van der Waals surface area contributed by atoms with Gasteiger partial charge in [0.2, 0.25) is 5.75 Å². The summed E-state index contributed by atoms with van der Waals surface area (Å²) in [5.41, 5.74) is 3.77. The Morgan fingerprint density at radius 2 is 1.62 bits per heavy atom. The van der Waals surface area contributed by atoms with Gasteiger partial charge in [0.1, 0.15) is 24.1 Å². The maximum Gasteiger partial charge on any atom is 0.508 e. The molecular formula is C33H40N2O10. The predicted octanol–water partition coefficient (Wildman–Crippen LogP) is 4.53. The van der Waals surface area contributed by atoms with Crippen molar-refractivity contribution in [2.75, 3.05) is 55.7 Å². The van der Waals surface area contributed by atoms with Crippen LogP contribution in [0.5, 0.6) is 23.0 Å². The number of carbonyl (C=O) groups is 2. The van der Waals surface area contributed by atoms with Gasteiger partial charge in [0.25, 0.3) is 0 Å². The molecule has 242 valence electrons. The summed E-state index contributed by atoms with van der Waals surface area (Å²) in [6.07, 6.45) is -0.708. The number of benzene rings is 2. The van der Waals surface area contributed by atoms with Crippen molar-refractivity contribution in [3.8, 4) is 23.0 Å². The quantitative estimate of drug-likeness (QED) is 0.355. The zero-order valence-corrected chi connectivity index (χ0v) is 26.4. The Morgan fingerprint density at radius 3 is 2.27 bits per heavy atom. The van der Waals surface area contributed by atoms with Crippen LogP contribution in [0.1, 0.15) is 40.5 Å². The number of ether oxygens (including phenoxy) is 8. The molecule has 1 aromatic heterocycles. The summed E-state index contributed by atoms with van der Waals surface area (Å²) < 4.78 is 44.6. The van der Waals surface area contributed by atoms with Gasteiger partial charge in [-0.05, 0) is 55.0 Å². The summed E-state index contributed by atoms with van der Waals surface area (Å²) in [4.78, 5) is 32.3. The Morgan fingerprint density at radius 1 is 0.867 bits per heavy atom. The molecule has 1 N–H and O–H groups in total. The second kappa shape index (κ2) is 12.7. The maximum absolute atomic E-state index is 13.6. The number of piperidine rings is 1. The standard InChI is InChI=1S/C33H40N2O10/c1-38-19-7-8-20-21-9-10-35-16-18-13-27(44-32(36)17-11-25(39-2)30(41-4)26(12-17)40-3)31(42-5)29(45-33(37)43-6)22(18)15-24(35)28(21)34-23(20)14-19/h7-8,11-12,14,18,22,24,27,29,31,34H,9-10,13,15-16H2,1-6H3/t18-,22-,24-,27?,29?,31?/m0/s1. The Hall–Kier alpha value is -4.16. The van der Waals surface area contributed by atoms with E-state index in [1.165, 1.54) is 52.2 Å². The molecule has 3 aliphatic rings. The van der Waals surface area contributed by atoms with E-state index in [1.54, 1.807) is 19.2 Å².